The summed E-state index contributed by atoms with van der Waals surface area (Å²) < 4.78 is 0. The van der Waals surface area contributed by atoms with Crippen LogP contribution >= 0.6 is 0 Å². The predicted molar refractivity (Wildman–Crippen MR) is 97.6 cm³/mol. The van der Waals surface area contributed by atoms with Gasteiger partial charge in [-0.2, -0.15) is 5.10 Å². The standard InChI is InChI=1S/C18H22N6O3/c1-11-2-3-15(7-13-4-5-21-23-13)24(10-11)18(27)17(26)22-14-6-12(16(19)25)8-20-9-14/h4-6,8-9,11,15H,2-3,7,10H2,1H3,(H2,19,25)(H,21,23)(H,22,26)/t11-,15?/m0/s1. The van der Waals surface area contributed by atoms with Crippen LogP contribution in [0.25, 0.3) is 0 Å². The molecule has 9 heteroatoms. The van der Waals surface area contributed by atoms with Crippen molar-refractivity contribution in [3.63, 3.8) is 0 Å². The van der Waals surface area contributed by atoms with Gasteiger partial charge in [0.15, 0.2) is 0 Å². The summed E-state index contributed by atoms with van der Waals surface area (Å²) in [6, 6.07) is 3.17. The highest BCUT2D eigenvalue weighted by Gasteiger charge is 2.33. The number of anilines is 1. The first kappa shape index (κ1) is 18.6. The second kappa shape index (κ2) is 7.98. The molecule has 1 aliphatic rings. The number of amides is 3. The van der Waals surface area contributed by atoms with Crippen LogP contribution < -0.4 is 11.1 Å². The fraction of sp³-hybridized carbons (Fsp3) is 0.389. The van der Waals surface area contributed by atoms with Crippen LogP contribution in [0, 0.1) is 5.92 Å². The number of pyridine rings is 1. The molecule has 0 radical (unpaired) electrons. The zero-order valence-corrected chi connectivity index (χ0v) is 15.0. The molecule has 3 heterocycles. The van der Waals surface area contributed by atoms with E-state index in [4.69, 9.17) is 5.73 Å². The summed E-state index contributed by atoms with van der Waals surface area (Å²) in [4.78, 5) is 42.0. The maximum absolute atomic E-state index is 12.8. The molecule has 0 aromatic carbocycles. The minimum atomic E-state index is -0.764. The SMILES string of the molecule is C[C@H]1CCC(Cc2cc[nH]n2)N(C(=O)C(=O)Nc2cncc(C(N)=O)c2)C1. The molecule has 1 aliphatic heterocycles. The van der Waals surface area contributed by atoms with E-state index in [-0.39, 0.29) is 17.3 Å². The van der Waals surface area contributed by atoms with Crippen molar-refractivity contribution in [1.82, 2.24) is 20.1 Å². The molecule has 1 unspecified atom stereocenters. The second-order valence-corrected chi connectivity index (χ2v) is 6.84. The maximum Gasteiger partial charge on any atom is 0.313 e. The highest BCUT2D eigenvalue weighted by Crippen LogP contribution is 2.24. The number of carbonyl (C=O) groups excluding carboxylic acids is 3. The number of hydrogen-bond donors (Lipinski definition) is 3. The van der Waals surface area contributed by atoms with Gasteiger partial charge in [-0.25, -0.2) is 0 Å². The predicted octanol–water partition coefficient (Wildman–Crippen LogP) is 0.712. The third kappa shape index (κ3) is 4.49. The topological polar surface area (TPSA) is 134 Å². The Morgan fingerprint density at radius 1 is 1.33 bits per heavy atom. The van der Waals surface area contributed by atoms with Gasteiger partial charge in [-0.3, -0.25) is 24.5 Å². The van der Waals surface area contributed by atoms with E-state index in [9.17, 15) is 14.4 Å². The molecule has 0 spiro atoms. The van der Waals surface area contributed by atoms with E-state index in [0.717, 1.165) is 18.5 Å². The lowest BCUT2D eigenvalue weighted by atomic mass is 9.91. The molecular weight excluding hydrogens is 348 g/mol. The summed E-state index contributed by atoms with van der Waals surface area (Å²) in [6.45, 7) is 2.57. The summed E-state index contributed by atoms with van der Waals surface area (Å²) in [7, 11) is 0. The highest BCUT2D eigenvalue weighted by molar-refractivity contribution is 6.39. The lowest BCUT2D eigenvalue weighted by molar-refractivity contribution is -0.146. The van der Waals surface area contributed by atoms with Gasteiger partial charge in [0.2, 0.25) is 5.91 Å². The Balaban J connectivity index is 1.71. The Labute approximate surface area is 156 Å². The van der Waals surface area contributed by atoms with Gasteiger partial charge in [0.05, 0.1) is 23.1 Å². The van der Waals surface area contributed by atoms with Crippen molar-refractivity contribution in [3.05, 3.63) is 42.0 Å². The van der Waals surface area contributed by atoms with E-state index in [1.54, 1.807) is 11.1 Å². The number of hydrogen-bond acceptors (Lipinski definition) is 5. The molecule has 3 amide bonds. The van der Waals surface area contributed by atoms with Crippen LogP contribution in [0.4, 0.5) is 5.69 Å². The summed E-state index contributed by atoms with van der Waals surface area (Å²) in [5, 5.41) is 9.42. The molecule has 9 nitrogen and oxygen atoms in total. The Kier molecular flexibility index (Phi) is 5.49. The van der Waals surface area contributed by atoms with Crippen LogP contribution in [0.15, 0.2) is 30.7 Å². The van der Waals surface area contributed by atoms with E-state index < -0.39 is 17.7 Å². The van der Waals surface area contributed by atoms with Crippen molar-refractivity contribution in [3.8, 4) is 0 Å². The molecule has 27 heavy (non-hydrogen) atoms. The summed E-state index contributed by atoms with van der Waals surface area (Å²) in [6.07, 6.45) is 6.78. The van der Waals surface area contributed by atoms with Gasteiger partial charge in [0, 0.05) is 31.4 Å². The number of nitrogens with two attached hydrogens (primary N) is 1. The number of rotatable bonds is 4. The number of aromatic amines is 1. The van der Waals surface area contributed by atoms with Crippen molar-refractivity contribution < 1.29 is 14.4 Å². The molecule has 142 valence electrons. The van der Waals surface area contributed by atoms with E-state index in [2.05, 4.69) is 27.4 Å². The molecule has 0 bridgehead atoms. The fourth-order valence-corrected chi connectivity index (χ4v) is 3.27. The first-order valence-corrected chi connectivity index (χ1v) is 8.79. The number of likely N-dealkylation sites (tertiary alicyclic amines) is 1. The Hall–Kier alpha value is -3.23. The average molecular weight is 370 g/mol. The first-order valence-electron chi connectivity index (χ1n) is 8.79. The average Bonchev–Trinajstić information content (AvgIpc) is 3.16. The van der Waals surface area contributed by atoms with Crippen LogP contribution in [-0.4, -0.2) is 50.4 Å². The largest absolute Gasteiger partial charge is 0.366 e. The lowest BCUT2D eigenvalue weighted by Gasteiger charge is -2.38. The molecule has 1 saturated heterocycles. The van der Waals surface area contributed by atoms with Gasteiger partial charge in [0.1, 0.15) is 0 Å². The van der Waals surface area contributed by atoms with Gasteiger partial charge in [-0.05, 0) is 30.9 Å². The van der Waals surface area contributed by atoms with E-state index >= 15 is 0 Å². The van der Waals surface area contributed by atoms with Crippen LogP contribution in [0.5, 0.6) is 0 Å². The number of carbonyl (C=O) groups is 3. The molecular formula is C18H22N6O3. The highest BCUT2D eigenvalue weighted by atomic mass is 16.2. The maximum atomic E-state index is 12.8. The monoisotopic (exact) mass is 370 g/mol. The number of primary amides is 1. The third-order valence-electron chi connectivity index (χ3n) is 4.68. The van der Waals surface area contributed by atoms with Crippen LogP contribution in [0.1, 0.15) is 35.8 Å². The number of piperidine rings is 1. The summed E-state index contributed by atoms with van der Waals surface area (Å²) in [5.41, 5.74) is 6.47. The normalized spacial score (nSPS) is 19.5. The van der Waals surface area contributed by atoms with Crippen molar-refractivity contribution in [2.45, 2.75) is 32.2 Å². The molecule has 2 aromatic rings. The van der Waals surface area contributed by atoms with Gasteiger partial charge in [-0.15, -0.1) is 0 Å². The minimum Gasteiger partial charge on any atom is -0.366 e. The second-order valence-electron chi connectivity index (χ2n) is 6.84. The molecule has 0 saturated carbocycles. The third-order valence-corrected chi connectivity index (χ3v) is 4.68. The van der Waals surface area contributed by atoms with Gasteiger partial charge < -0.3 is 16.0 Å². The van der Waals surface area contributed by atoms with E-state index in [1.807, 2.05) is 6.07 Å². The molecule has 2 aromatic heterocycles. The number of nitrogens with zero attached hydrogens (tertiary/aromatic N) is 3. The van der Waals surface area contributed by atoms with Gasteiger partial charge in [-0.1, -0.05) is 6.92 Å². The van der Waals surface area contributed by atoms with Crippen molar-refractivity contribution in [1.29, 1.82) is 0 Å². The molecule has 0 aliphatic carbocycles. The Morgan fingerprint density at radius 3 is 2.85 bits per heavy atom. The molecule has 3 rings (SSSR count). The zero-order chi connectivity index (χ0) is 19.4. The van der Waals surface area contributed by atoms with Crippen LogP contribution in [-0.2, 0) is 16.0 Å². The lowest BCUT2D eigenvalue weighted by Crippen LogP contribution is -2.51. The minimum absolute atomic E-state index is 0.0853. The first-order chi connectivity index (χ1) is 12.9. The van der Waals surface area contributed by atoms with Crippen molar-refractivity contribution in [2.24, 2.45) is 11.7 Å². The quantitative estimate of drug-likeness (QED) is 0.682. The number of nitrogens with one attached hydrogen (secondary N) is 2. The Bertz CT molecular complexity index is 835. The van der Waals surface area contributed by atoms with Crippen LogP contribution in [0.2, 0.25) is 0 Å². The summed E-state index contributed by atoms with van der Waals surface area (Å²) >= 11 is 0. The van der Waals surface area contributed by atoms with E-state index in [0.29, 0.717) is 18.9 Å². The molecule has 1 fully saturated rings. The number of H-pyrrole nitrogens is 1. The smallest absolute Gasteiger partial charge is 0.313 e. The summed E-state index contributed by atoms with van der Waals surface area (Å²) in [5.74, 6) is -1.71. The van der Waals surface area contributed by atoms with Crippen LogP contribution in [0.3, 0.4) is 0 Å². The van der Waals surface area contributed by atoms with Crippen molar-refractivity contribution in [2.75, 3.05) is 11.9 Å². The van der Waals surface area contributed by atoms with Crippen molar-refractivity contribution >= 4 is 23.4 Å². The molecule has 4 N–H and O–H groups in total. The molecule has 2 atom stereocenters. The number of aromatic nitrogens is 3. The van der Waals surface area contributed by atoms with Gasteiger partial charge >= 0.3 is 11.8 Å². The fourth-order valence-electron chi connectivity index (χ4n) is 3.27. The van der Waals surface area contributed by atoms with E-state index in [1.165, 1.54) is 18.5 Å². The van der Waals surface area contributed by atoms with Gasteiger partial charge in [0.25, 0.3) is 0 Å². The zero-order valence-electron chi connectivity index (χ0n) is 15.0. The Morgan fingerprint density at radius 2 is 2.15 bits per heavy atom.